The number of nitrogens with two attached hydrogens (primary N) is 1. The number of amides is 2. The number of likely N-dealkylation sites (N-methyl/N-ethyl adjacent to an activating group) is 2. The Balaban J connectivity index is 2.10. The Labute approximate surface area is 146 Å². The summed E-state index contributed by atoms with van der Waals surface area (Å²) in [6.45, 7) is 0. The highest BCUT2D eigenvalue weighted by atomic mass is 16.2. The van der Waals surface area contributed by atoms with Crippen molar-refractivity contribution in [2.75, 3.05) is 14.1 Å². The van der Waals surface area contributed by atoms with E-state index in [9.17, 15) is 4.79 Å². The van der Waals surface area contributed by atoms with Crippen molar-refractivity contribution in [3.63, 3.8) is 0 Å². The summed E-state index contributed by atoms with van der Waals surface area (Å²) in [4.78, 5) is 21.1. The van der Waals surface area contributed by atoms with Gasteiger partial charge in [0.25, 0.3) is 0 Å². The van der Waals surface area contributed by atoms with E-state index in [4.69, 9.17) is 10.7 Å². The van der Waals surface area contributed by atoms with Crippen molar-refractivity contribution in [3.05, 3.63) is 71.8 Å². The Morgan fingerprint density at radius 1 is 0.920 bits per heavy atom. The van der Waals surface area contributed by atoms with Gasteiger partial charge in [-0.05, 0) is 5.56 Å². The van der Waals surface area contributed by atoms with Crippen molar-refractivity contribution < 1.29 is 4.79 Å². The van der Waals surface area contributed by atoms with Crippen molar-refractivity contribution in [1.29, 1.82) is 0 Å². The fourth-order valence-corrected chi connectivity index (χ4v) is 3.95. The summed E-state index contributed by atoms with van der Waals surface area (Å²) in [6.07, 6.45) is 0. The Morgan fingerprint density at radius 2 is 1.48 bits per heavy atom. The maximum atomic E-state index is 13.0. The van der Waals surface area contributed by atoms with Gasteiger partial charge in [0.1, 0.15) is 0 Å². The van der Waals surface area contributed by atoms with Gasteiger partial charge in [0, 0.05) is 19.7 Å². The Kier molecular flexibility index (Phi) is 3.23. The SMILES string of the molecule is CN1C(=O)N(C)[C@@]2(c3ccccc3)NNC(N)=N[C@]12c1ccccc1. The summed E-state index contributed by atoms with van der Waals surface area (Å²) >= 11 is 0. The van der Waals surface area contributed by atoms with Crippen LogP contribution in [0, 0.1) is 0 Å². The second kappa shape index (κ2) is 5.22. The molecule has 0 radical (unpaired) electrons. The maximum Gasteiger partial charge on any atom is 0.323 e. The first-order valence-corrected chi connectivity index (χ1v) is 8.05. The van der Waals surface area contributed by atoms with Crippen LogP contribution in [0.2, 0.25) is 0 Å². The van der Waals surface area contributed by atoms with Gasteiger partial charge in [0.2, 0.25) is 11.6 Å². The number of urea groups is 1. The zero-order chi connectivity index (χ0) is 17.7. The van der Waals surface area contributed by atoms with Crippen molar-refractivity contribution in [3.8, 4) is 0 Å². The number of hydrazine groups is 1. The zero-order valence-corrected chi connectivity index (χ0v) is 14.1. The summed E-state index contributed by atoms with van der Waals surface area (Å²) in [5.74, 6) is 0.227. The molecule has 1 saturated heterocycles. The minimum atomic E-state index is -1.04. The number of guanidine groups is 1. The van der Waals surface area contributed by atoms with Gasteiger partial charge in [-0.1, -0.05) is 60.7 Å². The fourth-order valence-electron chi connectivity index (χ4n) is 3.95. The molecule has 7 heteroatoms. The lowest BCUT2D eigenvalue weighted by Gasteiger charge is -2.49. The van der Waals surface area contributed by atoms with Crippen LogP contribution in [-0.4, -0.2) is 35.9 Å². The molecule has 0 saturated carbocycles. The molecule has 0 bridgehead atoms. The number of benzene rings is 2. The normalized spacial score (nSPS) is 28.4. The van der Waals surface area contributed by atoms with Crippen LogP contribution in [0.5, 0.6) is 0 Å². The molecule has 2 aromatic rings. The minimum absolute atomic E-state index is 0.152. The summed E-state index contributed by atoms with van der Waals surface area (Å²) in [5.41, 5.74) is 12.0. The van der Waals surface area contributed by atoms with Gasteiger partial charge in [-0.3, -0.25) is 15.2 Å². The quantitative estimate of drug-likeness (QED) is 0.767. The molecular formula is C18H20N6O. The highest BCUT2D eigenvalue weighted by molar-refractivity contribution is 5.85. The molecule has 0 aromatic heterocycles. The van der Waals surface area contributed by atoms with Gasteiger partial charge < -0.3 is 5.73 Å². The van der Waals surface area contributed by atoms with Crippen molar-refractivity contribution in [2.24, 2.45) is 10.7 Å². The smallest absolute Gasteiger partial charge is 0.323 e. The molecule has 2 atom stereocenters. The lowest BCUT2D eigenvalue weighted by Crippen LogP contribution is -2.71. The Hall–Kier alpha value is -3.06. The topological polar surface area (TPSA) is 86.0 Å². The van der Waals surface area contributed by atoms with Gasteiger partial charge in [-0.2, -0.15) is 0 Å². The van der Waals surface area contributed by atoms with Crippen LogP contribution in [0.1, 0.15) is 11.1 Å². The summed E-state index contributed by atoms with van der Waals surface area (Å²) in [5, 5.41) is 0. The van der Waals surface area contributed by atoms with E-state index in [1.165, 1.54) is 0 Å². The van der Waals surface area contributed by atoms with Crippen LogP contribution in [0.15, 0.2) is 65.7 Å². The number of fused-ring (bicyclic) bond motifs is 1. The van der Waals surface area contributed by atoms with Crippen LogP contribution in [-0.2, 0) is 11.3 Å². The molecule has 4 N–H and O–H groups in total. The molecule has 128 valence electrons. The average molecular weight is 336 g/mol. The highest BCUT2D eigenvalue weighted by Crippen LogP contribution is 2.53. The Morgan fingerprint density at radius 3 is 2.08 bits per heavy atom. The van der Waals surface area contributed by atoms with Gasteiger partial charge in [0.15, 0.2) is 5.66 Å². The van der Waals surface area contributed by atoms with E-state index < -0.39 is 11.3 Å². The fraction of sp³-hybridized carbons (Fsp3) is 0.222. The number of hydrogen-bond acceptors (Lipinski definition) is 5. The van der Waals surface area contributed by atoms with Crippen LogP contribution < -0.4 is 16.6 Å². The molecule has 2 aliphatic rings. The number of aliphatic imine (C=N–C) groups is 1. The molecule has 7 nitrogen and oxygen atoms in total. The largest absolute Gasteiger partial charge is 0.369 e. The van der Waals surface area contributed by atoms with Crippen LogP contribution in [0.4, 0.5) is 4.79 Å². The zero-order valence-electron chi connectivity index (χ0n) is 14.1. The highest BCUT2D eigenvalue weighted by Gasteiger charge is 2.69. The maximum absolute atomic E-state index is 13.0. The second-order valence-electron chi connectivity index (χ2n) is 6.26. The van der Waals surface area contributed by atoms with Gasteiger partial charge in [0.05, 0.1) is 0 Å². The molecule has 25 heavy (non-hydrogen) atoms. The minimum Gasteiger partial charge on any atom is -0.369 e. The molecule has 2 aliphatic heterocycles. The summed E-state index contributed by atoms with van der Waals surface area (Å²) in [7, 11) is 3.52. The second-order valence-corrected chi connectivity index (χ2v) is 6.26. The molecular weight excluding hydrogens is 316 g/mol. The Bertz CT molecular complexity index is 839. The van der Waals surface area contributed by atoms with E-state index in [0.717, 1.165) is 11.1 Å². The number of nitrogens with one attached hydrogen (secondary N) is 2. The monoisotopic (exact) mass is 336 g/mol. The number of hydrogen-bond donors (Lipinski definition) is 3. The first-order valence-electron chi connectivity index (χ1n) is 8.05. The molecule has 1 fully saturated rings. The van der Waals surface area contributed by atoms with Crippen LogP contribution >= 0.6 is 0 Å². The predicted octanol–water partition coefficient (Wildman–Crippen LogP) is 1.11. The van der Waals surface area contributed by atoms with Gasteiger partial charge in [-0.25, -0.2) is 15.2 Å². The third-order valence-corrected chi connectivity index (χ3v) is 5.09. The van der Waals surface area contributed by atoms with E-state index in [0.29, 0.717) is 0 Å². The first-order chi connectivity index (χ1) is 12.0. The first kappa shape index (κ1) is 15.5. The standard InChI is InChI=1S/C18H20N6O/c1-23-16(25)24(2)18(14-11-7-4-8-12-14)17(23,20-15(19)21-22-18)13-9-5-3-6-10-13/h3-12,22H,1-2H3,(H3,19,20,21)/t17-,18-/m1/s1. The molecule has 2 heterocycles. The summed E-state index contributed by atoms with van der Waals surface area (Å²) < 4.78 is 0. The molecule has 2 aromatic carbocycles. The third kappa shape index (κ3) is 1.78. The number of nitrogens with zero attached hydrogens (tertiary/aromatic N) is 3. The van der Waals surface area contributed by atoms with E-state index in [-0.39, 0.29) is 12.0 Å². The van der Waals surface area contributed by atoms with Crippen LogP contribution in [0.25, 0.3) is 0 Å². The number of carbonyl (C=O) groups is 1. The molecule has 0 unspecified atom stereocenters. The van der Waals surface area contributed by atoms with E-state index >= 15 is 0 Å². The van der Waals surface area contributed by atoms with Gasteiger partial charge >= 0.3 is 6.03 Å². The summed E-state index contributed by atoms with van der Waals surface area (Å²) in [6, 6.07) is 19.4. The molecule has 4 rings (SSSR count). The van der Waals surface area contributed by atoms with E-state index in [1.54, 1.807) is 23.9 Å². The number of rotatable bonds is 2. The van der Waals surface area contributed by atoms with Crippen molar-refractivity contribution in [2.45, 2.75) is 11.3 Å². The predicted molar refractivity (Wildman–Crippen MR) is 95.1 cm³/mol. The van der Waals surface area contributed by atoms with Crippen LogP contribution in [0.3, 0.4) is 0 Å². The average Bonchev–Trinajstić information content (AvgIpc) is 2.83. The van der Waals surface area contributed by atoms with Crippen molar-refractivity contribution >= 4 is 12.0 Å². The molecule has 0 aliphatic carbocycles. The lowest BCUT2D eigenvalue weighted by molar-refractivity contribution is 0.0162. The van der Waals surface area contributed by atoms with E-state index in [2.05, 4.69) is 10.9 Å². The number of carbonyl (C=O) groups excluding carboxylic acids is 1. The van der Waals surface area contributed by atoms with Crippen molar-refractivity contribution in [1.82, 2.24) is 20.7 Å². The lowest BCUT2D eigenvalue weighted by atomic mass is 9.80. The molecule has 0 spiro atoms. The van der Waals surface area contributed by atoms with E-state index in [1.807, 2.05) is 60.7 Å². The molecule has 2 amide bonds. The third-order valence-electron chi connectivity index (χ3n) is 5.09. The van der Waals surface area contributed by atoms with Gasteiger partial charge in [-0.15, -0.1) is 0 Å².